The molecule has 0 bridgehead atoms. The second-order valence-electron chi connectivity index (χ2n) is 5.51. The highest BCUT2D eigenvalue weighted by Crippen LogP contribution is 2.02. The van der Waals surface area contributed by atoms with Crippen LogP contribution in [-0.2, 0) is 6.54 Å². The summed E-state index contributed by atoms with van der Waals surface area (Å²) in [5.41, 5.74) is 2.78. The Labute approximate surface area is 112 Å². The van der Waals surface area contributed by atoms with Gasteiger partial charge in [-0.15, -0.1) is 0 Å². The lowest BCUT2D eigenvalue weighted by molar-refractivity contribution is -0.918. The van der Waals surface area contributed by atoms with E-state index in [1.165, 1.54) is 32.4 Å². The van der Waals surface area contributed by atoms with Gasteiger partial charge in [-0.2, -0.15) is 0 Å². The van der Waals surface area contributed by atoms with Gasteiger partial charge in [0.2, 0.25) is 0 Å². The second-order valence-corrected chi connectivity index (χ2v) is 5.51. The molecule has 0 radical (unpaired) electrons. The van der Waals surface area contributed by atoms with Crippen molar-refractivity contribution in [3.63, 3.8) is 0 Å². The summed E-state index contributed by atoms with van der Waals surface area (Å²) >= 11 is 0. The van der Waals surface area contributed by atoms with Gasteiger partial charge in [-0.3, -0.25) is 9.20 Å². The number of pyridine rings is 1. The molecule has 0 saturated carbocycles. The third-order valence-electron chi connectivity index (χ3n) is 3.85. The molecule has 4 nitrogen and oxygen atoms in total. The summed E-state index contributed by atoms with van der Waals surface area (Å²) in [4.78, 5) is 18.3. The van der Waals surface area contributed by atoms with Crippen LogP contribution in [0.25, 0.3) is 5.65 Å². The van der Waals surface area contributed by atoms with Crippen molar-refractivity contribution in [3.05, 3.63) is 46.0 Å². The van der Waals surface area contributed by atoms with Gasteiger partial charge >= 0.3 is 0 Å². The molecular weight excluding hydrogens is 238 g/mol. The smallest absolute Gasteiger partial charge is 0.258 e. The Hall–Kier alpha value is -1.68. The van der Waals surface area contributed by atoms with Crippen LogP contribution in [0.1, 0.15) is 30.5 Å². The van der Waals surface area contributed by atoms with Crippen molar-refractivity contribution in [2.24, 2.45) is 0 Å². The number of likely N-dealkylation sites (tertiary alicyclic amines) is 1. The third-order valence-corrected chi connectivity index (χ3v) is 3.85. The van der Waals surface area contributed by atoms with Crippen LogP contribution in [-0.4, -0.2) is 22.5 Å². The van der Waals surface area contributed by atoms with E-state index in [9.17, 15) is 4.79 Å². The topological polar surface area (TPSA) is 38.8 Å². The molecule has 19 heavy (non-hydrogen) atoms. The number of aromatic nitrogens is 2. The molecule has 2 aromatic rings. The van der Waals surface area contributed by atoms with Gasteiger partial charge in [-0.25, -0.2) is 4.98 Å². The van der Waals surface area contributed by atoms with E-state index >= 15 is 0 Å². The first-order valence-corrected chi connectivity index (χ1v) is 7.05. The minimum Gasteiger partial charge on any atom is -0.330 e. The van der Waals surface area contributed by atoms with Crippen LogP contribution in [0.2, 0.25) is 0 Å². The van der Waals surface area contributed by atoms with Crippen LogP contribution in [0.3, 0.4) is 0 Å². The van der Waals surface area contributed by atoms with Gasteiger partial charge in [0.25, 0.3) is 5.56 Å². The molecule has 0 amide bonds. The van der Waals surface area contributed by atoms with Gasteiger partial charge in [-0.05, 0) is 37.8 Å². The highest BCUT2D eigenvalue weighted by Gasteiger charge is 2.15. The average Bonchev–Trinajstić information content (AvgIpc) is 2.41. The van der Waals surface area contributed by atoms with Crippen molar-refractivity contribution in [2.45, 2.75) is 32.7 Å². The van der Waals surface area contributed by atoms with Crippen molar-refractivity contribution >= 4 is 5.65 Å². The highest BCUT2D eigenvalue weighted by molar-refractivity contribution is 5.39. The first-order chi connectivity index (χ1) is 9.22. The van der Waals surface area contributed by atoms with Crippen molar-refractivity contribution in [3.8, 4) is 0 Å². The van der Waals surface area contributed by atoms with E-state index in [0.29, 0.717) is 0 Å². The number of rotatable bonds is 2. The summed E-state index contributed by atoms with van der Waals surface area (Å²) in [7, 11) is 0. The molecule has 1 fully saturated rings. The highest BCUT2D eigenvalue weighted by atomic mass is 16.1. The standard InChI is InChI=1S/C15H19N3O/c1-12-5-6-14-16-13(9-15(19)18(14)10-12)11-17-7-3-2-4-8-17/h5-6,9-10H,2-4,7-8,11H2,1H3/p+1. The van der Waals surface area contributed by atoms with Gasteiger partial charge in [0.05, 0.1) is 13.1 Å². The maximum atomic E-state index is 12.1. The number of hydrogen-bond acceptors (Lipinski definition) is 2. The molecule has 3 heterocycles. The summed E-state index contributed by atoms with van der Waals surface area (Å²) in [5, 5.41) is 0. The largest absolute Gasteiger partial charge is 0.330 e. The van der Waals surface area contributed by atoms with Gasteiger partial charge in [-0.1, -0.05) is 6.07 Å². The van der Waals surface area contributed by atoms with E-state index < -0.39 is 0 Å². The Balaban J connectivity index is 1.92. The SMILES string of the molecule is Cc1ccc2nc(C[NH+]3CCCCC3)cc(=O)n2c1. The molecule has 0 spiro atoms. The molecule has 1 aliphatic rings. The Bertz CT molecular complexity index is 641. The second kappa shape index (κ2) is 5.13. The number of quaternary nitrogens is 1. The monoisotopic (exact) mass is 258 g/mol. The molecular formula is C15H20N3O+. The predicted octanol–water partition coefficient (Wildman–Crippen LogP) is 0.572. The van der Waals surface area contributed by atoms with Crippen molar-refractivity contribution in [2.75, 3.05) is 13.1 Å². The molecule has 100 valence electrons. The molecule has 0 aromatic carbocycles. The van der Waals surface area contributed by atoms with Gasteiger partial charge in [0.15, 0.2) is 0 Å². The zero-order valence-corrected chi connectivity index (χ0v) is 11.4. The molecule has 1 saturated heterocycles. The molecule has 0 unspecified atom stereocenters. The van der Waals surface area contributed by atoms with E-state index in [1.54, 1.807) is 15.4 Å². The van der Waals surface area contributed by atoms with Crippen LogP contribution < -0.4 is 10.5 Å². The van der Waals surface area contributed by atoms with Crippen LogP contribution >= 0.6 is 0 Å². The van der Waals surface area contributed by atoms with E-state index in [-0.39, 0.29) is 5.56 Å². The predicted molar refractivity (Wildman–Crippen MR) is 74.5 cm³/mol. The zero-order valence-electron chi connectivity index (χ0n) is 11.4. The Morgan fingerprint density at radius 1 is 1.26 bits per heavy atom. The fourth-order valence-corrected chi connectivity index (χ4v) is 2.83. The number of piperidine rings is 1. The summed E-state index contributed by atoms with van der Waals surface area (Å²) in [6, 6.07) is 5.61. The van der Waals surface area contributed by atoms with Crippen LogP contribution in [0.4, 0.5) is 0 Å². The fraction of sp³-hybridized carbons (Fsp3) is 0.467. The van der Waals surface area contributed by atoms with E-state index in [0.717, 1.165) is 23.4 Å². The Morgan fingerprint density at radius 3 is 2.84 bits per heavy atom. The van der Waals surface area contributed by atoms with Crippen molar-refractivity contribution in [1.82, 2.24) is 9.38 Å². The van der Waals surface area contributed by atoms with Gasteiger partial charge < -0.3 is 4.90 Å². The number of aryl methyl sites for hydroxylation is 1. The normalized spacial score (nSPS) is 16.9. The molecule has 1 aliphatic heterocycles. The number of nitrogens with one attached hydrogen (secondary N) is 1. The molecule has 0 aliphatic carbocycles. The number of hydrogen-bond donors (Lipinski definition) is 1. The van der Waals surface area contributed by atoms with Gasteiger partial charge in [0, 0.05) is 12.3 Å². The first-order valence-electron chi connectivity index (χ1n) is 7.05. The quantitative estimate of drug-likeness (QED) is 0.855. The molecule has 2 aromatic heterocycles. The van der Waals surface area contributed by atoms with Crippen molar-refractivity contribution in [1.29, 1.82) is 0 Å². The minimum absolute atomic E-state index is 0.0279. The summed E-state index contributed by atoms with van der Waals surface area (Å²) in [6.07, 6.45) is 5.78. The molecule has 4 heteroatoms. The third kappa shape index (κ3) is 2.68. The lowest BCUT2D eigenvalue weighted by Crippen LogP contribution is -3.11. The van der Waals surface area contributed by atoms with Crippen LogP contribution in [0, 0.1) is 6.92 Å². The first kappa shape index (κ1) is 12.4. The molecule has 0 atom stereocenters. The maximum Gasteiger partial charge on any atom is 0.258 e. The summed E-state index contributed by atoms with van der Waals surface area (Å²) in [5.74, 6) is 0. The maximum absolute atomic E-state index is 12.1. The van der Waals surface area contributed by atoms with E-state index in [2.05, 4.69) is 4.98 Å². The average molecular weight is 258 g/mol. The van der Waals surface area contributed by atoms with Gasteiger partial charge in [0.1, 0.15) is 17.9 Å². The Kier molecular flexibility index (Phi) is 3.34. The number of nitrogens with zero attached hydrogens (tertiary/aromatic N) is 2. The molecule has 1 N–H and O–H groups in total. The van der Waals surface area contributed by atoms with Crippen LogP contribution in [0.5, 0.6) is 0 Å². The zero-order chi connectivity index (χ0) is 13.2. The van der Waals surface area contributed by atoms with E-state index in [1.807, 2.05) is 25.3 Å². The lowest BCUT2D eigenvalue weighted by Gasteiger charge is -2.23. The molecule has 3 rings (SSSR count). The summed E-state index contributed by atoms with van der Waals surface area (Å²) in [6.45, 7) is 5.27. The minimum atomic E-state index is 0.0279. The summed E-state index contributed by atoms with van der Waals surface area (Å²) < 4.78 is 1.63. The van der Waals surface area contributed by atoms with Crippen molar-refractivity contribution < 1.29 is 4.90 Å². The number of fused-ring (bicyclic) bond motifs is 1. The van der Waals surface area contributed by atoms with E-state index in [4.69, 9.17) is 0 Å². The van der Waals surface area contributed by atoms with Crippen LogP contribution in [0.15, 0.2) is 29.2 Å². The Morgan fingerprint density at radius 2 is 2.05 bits per heavy atom. The lowest BCUT2D eigenvalue weighted by atomic mass is 10.1. The fourth-order valence-electron chi connectivity index (χ4n) is 2.83.